The van der Waals surface area contributed by atoms with Gasteiger partial charge in [0.1, 0.15) is 6.29 Å². The van der Waals surface area contributed by atoms with Crippen LogP contribution in [0, 0.1) is 10.8 Å². The third kappa shape index (κ3) is 10.9. The minimum atomic E-state index is 0.182. The van der Waals surface area contributed by atoms with Gasteiger partial charge < -0.3 is 16.3 Å². The van der Waals surface area contributed by atoms with Crippen LogP contribution in [0.2, 0.25) is 0 Å². The Labute approximate surface area is 133 Å². The largest absolute Gasteiger partial charge is 0.333 e. The summed E-state index contributed by atoms with van der Waals surface area (Å²) in [4.78, 5) is 9.82. The van der Waals surface area contributed by atoms with Gasteiger partial charge in [0.2, 0.25) is 0 Å². The normalized spacial score (nSPS) is 19.6. The molecule has 3 heteroatoms. The zero-order valence-electron chi connectivity index (χ0n) is 15.4. The fourth-order valence-electron chi connectivity index (χ4n) is 2.68. The van der Waals surface area contributed by atoms with Crippen LogP contribution in [0.15, 0.2) is 0 Å². The van der Waals surface area contributed by atoms with Gasteiger partial charge in [0, 0.05) is 12.5 Å². The molecule has 2 fully saturated rings. The van der Waals surface area contributed by atoms with E-state index in [1.165, 1.54) is 52.0 Å². The minimum Gasteiger partial charge on any atom is -0.333 e. The Morgan fingerprint density at radius 2 is 1.48 bits per heavy atom. The molecule has 21 heavy (non-hydrogen) atoms. The molecule has 0 aromatic rings. The Kier molecular flexibility index (Phi) is 13.2. The fraction of sp³-hybridized carbons (Fsp3) is 0.944. The summed E-state index contributed by atoms with van der Waals surface area (Å²) in [5, 5.41) is 0. The van der Waals surface area contributed by atoms with Gasteiger partial charge in [-0.25, -0.2) is 0 Å². The molecule has 0 aromatic heterocycles. The fourth-order valence-corrected chi connectivity index (χ4v) is 2.68. The van der Waals surface area contributed by atoms with Gasteiger partial charge in [-0.3, -0.25) is 0 Å². The second-order valence-electron chi connectivity index (χ2n) is 7.12. The highest BCUT2D eigenvalue weighted by atomic mass is 16.1. The van der Waals surface area contributed by atoms with Crippen LogP contribution in [-0.2, 0) is 4.79 Å². The molecule has 0 heterocycles. The van der Waals surface area contributed by atoms with E-state index in [0.717, 1.165) is 11.7 Å². The second kappa shape index (κ2) is 12.2. The van der Waals surface area contributed by atoms with Gasteiger partial charge >= 0.3 is 0 Å². The standard InChI is InChI=1S/C9H17N.C6H12O.C2H6.CH5N/c10-8-2-6-9(7-3-8)4-1-5-9;1-6(2,3)4-5-7;2*1-2/h8H,1-7,10H2;5H,4H2,1-3H3;1-2H3;2H2,1H3. The molecule has 2 aliphatic rings. The topological polar surface area (TPSA) is 69.1 Å². The second-order valence-corrected chi connectivity index (χ2v) is 7.12. The maximum absolute atomic E-state index is 9.82. The van der Waals surface area contributed by atoms with Crippen LogP contribution in [0.25, 0.3) is 0 Å². The number of rotatable bonds is 1. The lowest BCUT2D eigenvalue weighted by Crippen LogP contribution is -2.38. The monoisotopic (exact) mass is 300 g/mol. The van der Waals surface area contributed by atoms with E-state index in [0.29, 0.717) is 12.5 Å². The summed E-state index contributed by atoms with van der Waals surface area (Å²) in [6.07, 6.45) is 11.5. The van der Waals surface area contributed by atoms with Gasteiger partial charge in [0.25, 0.3) is 0 Å². The van der Waals surface area contributed by atoms with Crippen molar-refractivity contribution in [2.45, 2.75) is 92.0 Å². The molecule has 0 amide bonds. The van der Waals surface area contributed by atoms with E-state index in [9.17, 15) is 4.79 Å². The van der Waals surface area contributed by atoms with Crippen molar-refractivity contribution in [2.75, 3.05) is 7.05 Å². The molecule has 0 unspecified atom stereocenters. The highest BCUT2D eigenvalue weighted by Gasteiger charge is 2.38. The summed E-state index contributed by atoms with van der Waals surface area (Å²) in [5.74, 6) is 0. The predicted octanol–water partition coefficient (Wildman–Crippen LogP) is 4.28. The van der Waals surface area contributed by atoms with Gasteiger partial charge in [-0.1, -0.05) is 41.0 Å². The first kappa shape index (κ1) is 22.9. The van der Waals surface area contributed by atoms with Crippen LogP contribution >= 0.6 is 0 Å². The highest BCUT2D eigenvalue weighted by molar-refractivity contribution is 5.50. The molecule has 2 saturated carbocycles. The SMILES string of the molecule is CC.CC(C)(C)CC=O.CN.NC1CCC2(CCC2)CC1. The first-order valence-electron chi connectivity index (χ1n) is 8.64. The molecule has 3 nitrogen and oxygen atoms in total. The Morgan fingerprint density at radius 3 is 1.67 bits per heavy atom. The van der Waals surface area contributed by atoms with E-state index >= 15 is 0 Å². The van der Waals surface area contributed by atoms with Crippen molar-refractivity contribution in [3.05, 3.63) is 0 Å². The van der Waals surface area contributed by atoms with E-state index in [1.807, 2.05) is 34.6 Å². The summed E-state index contributed by atoms with van der Waals surface area (Å²) in [6, 6.07) is 0.534. The third-order valence-corrected chi connectivity index (χ3v) is 4.20. The molecule has 0 saturated heterocycles. The Balaban J connectivity index is 0. The number of aldehydes is 1. The molecule has 0 atom stereocenters. The Bertz CT molecular complexity index is 232. The molecule has 0 aromatic carbocycles. The summed E-state index contributed by atoms with van der Waals surface area (Å²) in [5.41, 5.74) is 11.3. The van der Waals surface area contributed by atoms with Gasteiger partial charge in [-0.05, 0) is 56.4 Å². The number of carbonyl (C=O) groups is 1. The number of carbonyl (C=O) groups excluding carboxylic acids is 1. The number of hydrogen-bond acceptors (Lipinski definition) is 3. The van der Waals surface area contributed by atoms with Gasteiger partial charge in [0.15, 0.2) is 0 Å². The van der Waals surface area contributed by atoms with Crippen molar-refractivity contribution in [1.29, 1.82) is 0 Å². The predicted molar refractivity (Wildman–Crippen MR) is 94.3 cm³/mol. The Morgan fingerprint density at radius 1 is 1.05 bits per heavy atom. The van der Waals surface area contributed by atoms with Crippen molar-refractivity contribution in [1.82, 2.24) is 0 Å². The van der Waals surface area contributed by atoms with Crippen LogP contribution in [0.4, 0.5) is 0 Å². The van der Waals surface area contributed by atoms with Gasteiger partial charge in [0.05, 0.1) is 0 Å². The van der Waals surface area contributed by atoms with Crippen LogP contribution in [0.5, 0.6) is 0 Å². The van der Waals surface area contributed by atoms with E-state index < -0.39 is 0 Å². The number of hydrogen-bond donors (Lipinski definition) is 2. The molecule has 128 valence electrons. The van der Waals surface area contributed by atoms with Crippen LogP contribution < -0.4 is 11.5 Å². The van der Waals surface area contributed by atoms with Crippen molar-refractivity contribution in [3.8, 4) is 0 Å². The molecular weight excluding hydrogens is 260 g/mol. The van der Waals surface area contributed by atoms with Gasteiger partial charge in [-0.15, -0.1) is 0 Å². The van der Waals surface area contributed by atoms with Gasteiger partial charge in [-0.2, -0.15) is 0 Å². The highest BCUT2D eigenvalue weighted by Crippen LogP contribution is 2.51. The summed E-state index contributed by atoms with van der Waals surface area (Å²) in [7, 11) is 1.50. The smallest absolute Gasteiger partial charge is 0.120 e. The van der Waals surface area contributed by atoms with E-state index in [2.05, 4.69) is 5.73 Å². The first-order valence-corrected chi connectivity index (χ1v) is 8.64. The third-order valence-electron chi connectivity index (χ3n) is 4.20. The zero-order valence-corrected chi connectivity index (χ0v) is 15.4. The molecule has 0 radical (unpaired) electrons. The average molecular weight is 301 g/mol. The van der Waals surface area contributed by atoms with Crippen molar-refractivity contribution < 1.29 is 4.79 Å². The molecule has 2 rings (SSSR count). The minimum absolute atomic E-state index is 0.182. The maximum Gasteiger partial charge on any atom is 0.120 e. The Hall–Kier alpha value is -0.410. The summed E-state index contributed by atoms with van der Waals surface area (Å²) < 4.78 is 0. The van der Waals surface area contributed by atoms with Crippen molar-refractivity contribution >= 4 is 6.29 Å². The molecule has 0 aliphatic heterocycles. The molecule has 2 aliphatic carbocycles. The lowest BCUT2D eigenvalue weighted by molar-refractivity contribution is -0.109. The quantitative estimate of drug-likeness (QED) is 0.710. The summed E-state index contributed by atoms with van der Waals surface area (Å²) >= 11 is 0. The molecular formula is C18H40N2O. The summed E-state index contributed by atoms with van der Waals surface area (Å²) in [6.45, 7) is 10.1. The first-order chi connectivity index (χ1) is 9.87. The zero-order chi connectivity index (χ0) is 16.9. The number of nitrogens with two attached hydrogens (primary N) is 2. The lowest BCUT2D eigenvalue weighted by atomic mass is 9.60. The molecule has 1 spiro atoms. The molecule has 0 bridgehead atoms. The van der Waals surface area contributed by atoms with Crippen LogP contribution in [0.3, 0.4) is 0 Å². The van der Waals surface area contributed by atoms with E-state index in [1.54, 1.807) is 0 Å². The molecule has 4 N–H and O–H groups in total. The maximum atomic E-state index is 9.82. The van der Waals surface area contributed by atoms with E-state index in [-0.39, 0.29) is 5.41 Å². The van der Waals surface area contributed by atoms with Crippen molar-refractivity contribution in [3.63, 3.8) is 0 Å². The van der Waals surface area contributed by atoms with Crippen LogP contribution in [0.1, 0.15) is 86.0 Å². The lowest BCUT2D eigenvalue weighted by Gasteiger charge is -2.46. The van der Waals surface area contributed by atoms with Crippen molar-refractivity contribution in [2.24, 2.45) is 22.3 Å². The van der Waals surface area contributed by atoms with Crippen LogP contribution in [-0.4, -0.2) is 19.4 Å². The average Bonchev–Trinajstić information content (AvgIpc) is 2.42. The van der Waals surface area contributed by atoms with E-state index in [4.69, 9.17) is 5.73 Å².